The minimum absolute atomic E-state index is 0.00471. The highest BCUT2D eigenvalue weighted by molar-refractivity contribution is 6.22. The van der Waals surface area contributed by atoms with Gasteiger partial charge in [-0.25, -0.2) is 9.69 Å². The van der Waals surface area contributed by atoms with Crippen LogP contribution in [0.25, 0.3) is 0 Å². The molecule has 2 saturated heterocycles. The zero-order valence-electron chi connectivity index (χ0n) is 20.7. The normalized spacial score (nSPS) is 34.0. The summed E-state index contributed by atoms with van der Waals surface area (Å²) in [4.78, 5) is 42.3. The number of imide groups is 1. The molecule has 4 aliphatic rings. The van der Waals surface area contributed by atoms with Crippen LogP contribution in [0.5, 0.6) is 0 Å². The number of carbonyl (C=O) groups is 3. The van der Waals surface area contributed by atoms with Crippen molar-refractivity contribution in [3.05, 3.63) is 29.8 Å². The molecule has 1 aromatic carbocycles. The number of rotatable bonds is 5. The van der Waals surface area contributed by atoms with Gasteiger partial charge in [0.1, 0.15) is 0 Å². The van der Waals surface area contributed by atoms with Gasteiger partial charge in [0.2, 0.25) is 11.8 Å². The molecule has 6 nitrogen and oxygen atoms in total. The number of nitrogens with zero attached hydrogens (tertiary/aromatic N) is 2. The molecule has 6 heteroatoms. The molecule has 34 heavy (non-hydrogen) atoms. The van der Waals surface area contributed by atoms with Crippen molar-refractivity contribution in [3.8, 4) is 0 Å². The predicted octanol–water partition coefficient (Wildman–Crippen LogP) is 4.82. The highest BCUT2D eigenvalue weighted by atomic mass is 16.5. The average molecular weight is 467 g/mol. The van der Waals surface area contributed by atoms with E-state index in [-0.39, 0.29) is 29.6 Å². The number of amides is 2. The van der Waals surface area contributed by atoms with Gasteiger partial charge in [-0.3, -0.25) is 9.59 Å². The number of hydrogen-bond donors (Lipinski definition) is 0. The second kappa shape index (κ2) is 9.10. The van der Waals surface area contributed by atoms with Crippen LogP contribution in [0.1, 0.15) is 82.0 Å². The molecule has 2 aliphatic carbocycles. The first-order valence-corrected chi connectivity index (χ1v) is 13.2. The van der Waals surface area contributed by atoms with E-state index in [2.05, 4.69) is 11.8 Å². The molecule has 2 saturated carbocycles. The van der Waals surface area contributed by atoms with Crippen LogP contribution in [-0.2, 0) is 14.3 Å². The Morgan fingerprint density at radius 1 is 1.06 bits per heavy atom. The predicted molar refractivity (Wildman–Crippen MR) is 130 cm³/mol. The van der Waals surface area contributed by atoms with Crippen molar-refractivity contribution in [2.75, 3.05) is 31.1 Å². The van der Waals surface area contributed by atoms with Gasteiger partial charge >= 0.3 is 5.97 Å². The zero-order chi connectivity index (χ0) is 23.9. The standard InChI is InChI=1S/C28H38N2O4/c1-3-29-17-27-13-8-4-5-12-23(27)28(18-29,15-9-14-27)19-34-26(33)21-10-6-7-11-22(21)30-24(31)16-20(2)25(30)32/h6-7,10-11,20,23H,3-5,8-9,12-19H2,1-2H3/t20-,23?,27+,28-/m0/s1. The van der Waals surface area contributed by atoms with Crippen LogP contribution >= 0.6 is 0 Å². The number of anilines is 1. The van der Waals surface area contributed by atoms with Crippen molar-refractivity contribution in [3.63, 3.8) is 0 Å². The molecule has 4 fully saturated rings. The Labute approximate surface area is 203 Å². The van der Waals surface area contributed by atoms with Crippen molar-refractivity contribution in [2.24, 2.45) is 22.7 Å². The maximum atomic E-state index is 13.4. The maximum Gasteiger partial charge on any atom is 0.340 e. The fourth-order valence-corrected chi connectivity index (χ4v) is 7.72. The van der Waals surface area contributed by atoms with Gasteiger partial charge < -0.3 is 9.64 Å². The van der Waals surface area contributed by atoms with Gasteiger partial charge in [0.15, 0.2) is 0 Å². The SMILES string of the molecule is CCN1C[C@]23CCCCCC2[C@@](COC(=O)c2ccccc2N2C(=O)C[C@H](C)C2=O)(CCC3)C1. The Hall–Kier alpha value is -2.21. The average Bonchev–Trinajstić information content (AvgIpc) is 2.97. The lowest BCUT2D eigenvalue weighted by molar-refractivity contribution is -0.141. The Morgan fingerprint density at radius 3 is 2.62 bits per heavy atom. The third-order valence-electron chi connectivity index (χ3n) is 9.25. The van der Waals surface area contributed by atoms with Gasteiger partial charge in [0.05, 0.1) is 17.9 Å². The fraction of sp³-hybridized carbons (Fsp3) is 0.679. The summed E-state index contributed by atoms with van der Waals surface area (Å²) in [5.74, 6) is -0.681. The molecule has 2 aliphatic heterocycles. The zero-order valence-corrected chi connectivity index (χ0v) is 20.7. The number of piperidine rings is 1. The van der Waals surface area contributed by atoms with E-state index in [1.807, 2.05) is 0 Å². The Balaban J connectivity index is 1.40. The van der Waals surface area contributed by atoms with E-state index < -0.39 is 5.97 Å². The van der Waals surface area contributed by atoms with Crippen LogP contribution in [0.2, 0.25) is 0 Å². The Kier molecular flexibility index (Phi) is 6.30. The number of likely N-dealkylation sites (tertiary alicyclic amines) is 1. The molecule has 4 atom stereocenters. The molecule has 0 radical (unpaired) electrons. The second-order valence-electron chi connectivity index (χ2n) is 11.3. The van der Waals surface area contributed by atoms with Gasteiger partial charge in [-0.1, -0.05) is 51.7 Å². The van der Waals surface area contributed by atoms with Crippen LogP contribution in [0.15, 0.2) is 24.3 Å². The summed E-state index contributed by atoms with van der Waals surface area (Å²) in [5.41, 5.74) is 1.02. The van der Waals surface area contributed by atoms with Gasteiger partial charge in [-0.2, -0.15) is 0 Å². The van der Waals surface area contributed by atoms with Crippen molar-refractivity contribution in [1.82, 2.24) is 4.90 Å². The summed E-state index contributed by atoms with van der Waals surface area (Å²) >= 11 is 0. The molecular weight excluding hydrogens is 428 g/mol. The molecule has 0 N–H and O–H groups in total. The monoisotopic (exact) mass is 466 g/mol. The molecular formula is C28H38N2O4. The lowest BCUT2D eigenvalue weighted by Crippen LogP contribution is -2.62. The van der Waals surface area contributed by atoms with Crippen molar-refractivity contribution >= 4 is 23.5 Å². The first-order chi connectivity index (χ1) is 16.4. The minimum atomic E-state index is -0.427. The number of benzene rings is 1. The van der Waals surface area contributed by atoms with Crippen LogP contribution in [0.4, 0.5) is 5.69 Å². The molecule has 2 bridgehead atoms. The van der Waals surface area contributed by atoms with E-state index in [9.17, 15) is 14.4 Å². The summed E-state index contributed by atoms with van der Waals surface area (Å²) in [6.07, 6.45) is 10.2. The molecule has 5 rings (SSSR count). The second-order valence-corrected chi connectivity index (χ2v) is 11.3. The molecule has 2 heterocycles. The van der Waals surface area contributed by atoms with E-state index >= 15 is 0 Å². The van der Waals surface area contributed by atoms with Crippen LogP contribution in [0.3, 0.4) is 0 Å². The third kappa shape index (κ3) is 3.88. The highest BCUT2D eigenvalue weighted by Gasteiger charge is 2.58. The molecule has 1 unspecified atom stereocenters. The van der Waals surface area contributed by atoms with Crippen LogP contribution in [0, 0.1) is 22.7 Å². The summed E-state index contributed by atoms with van der Waals surface area (Å²) in [7, 11) is 0. The topological polar surface area (TPSA) is 66.9 Å². The first kappa shape index (κ1) is 23.5. The summed E-state index contributed by atoms with van der Waals surface area (Å²) in [5, 5.41) is 0. The fourth-order valence-electron chi connectivity index (χ4n) is 7.72. The number of para-hydroxylation sites is 1. The van der Waals surface area contributed by atoms with E-state index in [0.29, 0.717) is 29.2 Å². The minimum Gasteiger partial charge on any atom is -0.461 e. The van der Waals surface area contributed by atoms with Gasteiger partial charge in [0.25, 0.3) is 0 Å². The first-order valence-electron chi connectivity index (χ1n) is 13.2. The van der Waals surface area contributed by atoms with E-state index in [0.717, 1.165) is 19.5 Å². The number of esters is 1. The van der Waals surface area contributed by atoms with Gasteiger partial charge in [0, 0.05) is 30.8 Å². The van der Waals surface area contributed by atoms with Crippen molar-refractivity contribution < 1.29 is 19.1 Å². The quantitative estimate of drug-likeness (QED) is 0.460. The van der Waals surface area contributed by atoms with Gasteiger partial charge in [-0.05, 0) is 55.7 Å². The Morgan fingerprint density at radius 2 is 1.85 bits per heavy atom. The number of carbonyl (C=O) groups excluding carboxylic acids is 3. The summed E-state index contributed by atoms with van der Waals surface area (Å²) < 4.78 is 6.11. The van der Waals surface area contributed by atoms with Crippen LogP contribution in [-0.4, -0.2) is 48.9 Å². The maximum absolute atomic E-state index is 13.4. The van der Waals surface area contributed by atoms with Crippen molar-refractivity contribution in [2.45, 2.75) is 71.6 Å². The number of hydrogen-bond acceptors (Lipinski definition) is 5. The largest absolute Gasteiger partial charge is 0.461 e. The molecule has 184 valence electrons. The van der Waals surface area contributed by atoms with E-state index in [4.69, 9.17) is 4.74 Å². The highest BCUT2D eigenvalue weighted by Crippen LogP contribution is 2.60. The van der Waals surface area contributed by atoms with Crippen molar-refractivity contribution in [1.29, 1.82) is 0 Å². The molecule has 0 aromatic heterocycles. The lowest BCUT2D eigenvalue weighted by atomic mass is 9.50. The molecule has 2 amide bonds. The smallest absolute Gasteiger partial charge is 0.340 e. The van der Waals surface area contributed by atoms with E-state index in [1.54, 1.807) is 31.2 Å². The molecule has 0 spiro atoms. The summed E-state index contributed by atoms with van der Waals surface area (Å²) in [6, 6.07) is 6.88. The van der Waals surface area contributed by atoms with Crippen LogP contribution < -0.4 is 4.90 Å². The molecule has 1 aromatic rings. The lowest BCUT2D eigenvalue weighted by Gasteiger charge is -2.61. The van der Waals surface area contributed by atoms with E-state index in [1.165, 1.54) is 56.4 Å². The summed E-state index contributed by atoms with van der Waals surface area (Å²) in [6.45, 7) is 7.62. The Bertz CT molecular complexity index is 977. The van der Waals surface area contributed by atoms with Gasteiger partial charge in [-0.15, -0.1) is 0 Å². The third-order valence-corrected chi connectivity index (χ3v) is 9.25. The number of ether oxygens (including phenoxy) is 1.